The molecule has 98 valence electrons. The molecule has 0 fully saturated rings. The van der Waals surface area contributed by atoms with E-state index in [0.717, 1.165) is 0 Å². The van der Waals surface area contributed by atoms with Crippen molar-refractivity contribution in [2.24, 2.45) is 10.2 Å². The Bertz CT molecular complexity index is 775. The molecule has 0 radical (unpaired) electrons. The minimum absolute atomic E-state index is 0.195. The first-order valence-electron chi connectivity index (χ1n) is 5.88. The van der Waals surface area contributed by atoms with Crippen LogP contribution < -0.4 is 5.56 Å². The fraction of sp³-hybridized carbons (Fsp3) is 0. The molecule has 0 atom stereocenters. The summed E-state index contributed by atoms with van der Waals surface area (Å²) in [6, 6.07) is 8.81. The maximum Gasteiger partial charge on any atom is 0.292 e. The van der Waals surface area contributed by atoms with Crippen molar-refractivity contribution in [3.05, 3.63) is 59.3 Å². The van der Waals surface area contributed by atoms with Crippen LogP contribution in [-0.4, -0.2) is 20.2 Å². The van der Waals surface area contributed by atoms with E-state index in [0.29, 0.717) is 17.1 Å². The van der Waals surface area contributed by atoms with E-state index in [1.54, 1.807) is 42.9 Å². The van der Waals surface area contributed by atoms with Gasteiger partial charge in [0.1, 0.15) is 5.69 Å². The van der Waals surface area contributed by atoms with Gasteiger partial charge in [0.2, 0.25) is 0 Å². The van der Waals surface area contributed by atoms with Gasteiger partial charge in [0.25, 0.3) is 5.56 Å². The maximum atomic E-state index is 11.8. The van der Waals surface area contributed by atoms with Crippen molar-refractivity contribution in [3.8, 4) is 11.4 Å². The monoisotopic (exact) mass is 266 g/mol. The molecule has 0 aliphatic carbocycles. The van der Waals surface area contributed by atoms with E-state index in [9.17, 15) is 4.79 Å². The highest BCUT2D eigenvalue weighted by atomic mass is 16.1. The van der Waals surface area contributed by atoms with Gasteiger partial charge in [-0.1, -0.05) is 6.07 Å². The van der Waals surface area contributed by atoms with Gasteiger partial charge >= 0.3 is 0 Å². The van der Waals surface area contributed by atoms with Crippen LogP contribution in [0, 0.1) is 0 Å². The summed E-state index contributed by atoms with van der Waals surface area (Å²) in [5, 5.41) is 13.3. The zero-order chi connectivity index (χ0) is 13.8. The summed E-state index contributed by atoms with van der Waals surface area (Å²) in [5.41, 5.74) is 1.60. The van der Waals surface area contributed by atoms with Crippen molar-refractivity contribution in [3.63, 3.8) is 0 Å². The number of nitrogens with zero attached hydrogens (tertiary/aromatic N) is 4. The molecule has 0 amide bonds. The van der Waals surface area contributed by atoms with Crippen molar-refractivity contribution < 1.29 is 0 Å². The van der Waals surface area contributed by atoms with E-state index in [1.807, 2.05) is 6.07 Å². The predicted molar refractivity (Wildman–Crippen MR) is 73.1 cm³/mol. The Morgan fingerprint density at radius 2 is 1.80 bits per heavy atom. The normalized spacial score (nSPS) is 11.0. The van der Waals surface area contributed by atoms with Crippen molar-refractivity contribution in [1.82, 2.24) is 20.2 Å². The molecule has 7 heteroatoms. The van der Waals surface area contributed by atoms with E-state index in [1.165, 1.54) is 0 Å². The number of aromatic amines is 2. The van der Waals surface area contributed by atoms with Gasteiger partial charge in [0.05, 0.1) is 11.4 Å². The third kappa shape index (κ3) is 2.37. The molecule has 0 aliphatic rings. The van der Waals surface area contributed by atoms with Crippen molar-refractivity contribution in [2.75, 3.05) is 0 Å². The first-order valence-corrected chi connectivity index (χ1v) is 5.88. The number of aromatic nitrogens is 4. The summed E-state index contributed by atoms with van der Waals surface area (Å²) in [5.74, 6) is 0. The van der Waals surface area contributed by atoms with Crippen molar-refractivity contribution in [1.29, 1.82) is 0 Å². The molecular formula is C13H10N6O. The molecule has 0 aromatic carbocycles. The molecule has 3 aromatic heterocycles. The number of H-pyrrole nitrogens is 2. The van der Waals surface area contributed by atoms with Crippen LogP contribution in [0.4, 0.5) is 11.4 Å². The standard InChI is InChI=1S/C13H10N6O/c20-13-12(18-16-9-4-7-14-8-5-9)11(17-19-13)10-3-1-2-6-15-10/h1-8H,(H2,17,19,20). The van der Waals surface area contributed by atoms with Crippen LogP contribution in [0.1, 0.15) is 0 Å². The molecule has 0 saturated carbocycles. The summed E-state index contributed by atoms with van der Waals surface area (Å²) in [6.45, 7) is 0. The van der Waals surface area contributed by atoms with E-state index in [-0.39, 0.29) is 11.2 Å². The molecule has 2 N–H and O–H groups in total. The second kappa shape index (κ2) is 5.27. The molecular weight excluding hydrogens is 256 g/mol. The number of hydrogen-bond acceptors (Lipinski definition) is 5. The van der Waals surface area contributed by atoms with Crippen LogP contribution in [0.5, 0.6) is 0 Å². The van der Waals surface area contributed by atoms with Crippen LogP contribution in [0.25, 0.3) is 11.4 Å². The molecule has 3 aromatic rings. The fourth-order valence-electron chi connectivity index (χ4n) is 1.66. The van der Waals surface area contributed by atoms with Crippen molar-refractivity contribution >= 4 is 11.4 Å². The summed E-state index contributed by atoms with van der Waals surface area (Å²) in [4.78, 5) is 19.8. The second-order valence-electron chi connectivity index (χ2n) is 3.92. The second-order valence-corrected chi connectivity index (χ2v) is 3.92. The Morgan fingerprint density at radius 3 is 2.55 bits per heavy atom. The summed E-state index contributed by atoms with van der Waals surface area (Å²) in [6.07, 6.45) is 4.86. The number of azo groups is 1. The molecule has 0 saturated heterocycles. The lowest BCUT2D eigenvalue weighted by Crippen LogP contribution is -1.96. The summed E-state index contributed by atoms with van der Waals surface area (Å²) < 4.78 is 0. The van der Waals surface area contributed by atoms with Gasteiger partial charge in [-0.15, -0.1) is 5.11 Å². The van der Waals surface area contributed by atoms with Gasteiger partial charge < -0.3 is 0 Å². The maximum absolute atomic E-state index is 11.8. The molecule has 0 spiro atoms. The van der Waals surface area contributed by atoms with Gasteiger partial charge in [0, 0.05) is 18.6 Å². The van der Waals surface area contributed by atoms with Crippen LogP contribution in [0.3, 0.4) is 0 Å². The smallest absolute Gasteiger partial charge is 0.292 e. The minimum Gasteiger partial charge on any atom is -0.294 e. The van der Waals surface area contributed by atoms with Crippen LogP contribution in [0.15, 0.2) is 63.9 Å². The number of pyridine rings is 2. The largest absolute Gasteiger partial charge is 0.294 e. The predicted octanol–water partition coefficient (Wildman–Crippen LogP) is 2.58. The number of rotatable bonds is 3. The quantitative estimate of drug-likeness (QED) is 0.712. The lowest BCUT2D eigenvalue weighted by molar-refractivity contribution is 1.05. The highest BCUT2D eigenvalue weighted by Gasteiger charge is 2.12. The molecule has 7 nitrogen and oxygen atoms in total. The summed E-state index contributed by atoms with van der Waals surface area (Å²) in [7, 11) is 0. The first kappa shape index (κ1) is 12.0. The van der Waals surface area contributed by atoms with Gasteiger partial charge in [-0.2, -0.15) is 5.11 Å². The van der Waals surface area contributed by atoms with Crippen LogP contribution >= 0.6 is 0 Å². The SMILES string of the molecule is O=c1[nH][nH]c(-c2ccccn2)c1N=Nc1ccncc1. The zero-order valence-electron chi connectivity index (χ0n) is 10.3. The van der Waals surface area contributed by atoms with Crippen molar-refractivity contribution in [2.45, 2.75) is 0 Å². The van der Waals surface area contributed by atoms with Crippen LogP contribution in [-0.2, 0) is 0 Å². The molecule has 0 aliphatic heterocycles. The molecule has 0 bridgehead atoms. The lowest BCUT2D eigenvalue weighted by Gasteiger charge is -1.96. The third-order valence-electron chi connectivity index (χ3n) is 2.60. The van der Waals surface area contributed by atoms with Gasteiger partial charge in [-0.25, -0.2) is 0 Å². The minimum atomic E-state index is -0.344. The van der Waals surface area contributed by atoms with Gasteiger partial charge in [0.15, 0.2) is 5.69 Å². The van der Waals surface area contributed by atoms with E-state index in [4.69, 9.17) is 0 Å². The fourth-order valence-corrected chi connectivity index (χ4v) is 1.66. The highest BCUT2D eigenvalue weighted by Crippen LogP contribution is 2.24. The molecule has 3 rings (SSSR count). The highest BCUT2D eigenvalue weighted by molar-refractivity contribution is 5.67. The lowest BCUT2D eigenvalue weighted by atomic mass is 10.2. The number of nitrogens with one attached hydrogen (secondary N) is 2. The van der Waals surface area contributed by atoms with E-state index in [2.05, 4.69) is 30.4 Å². The zero-order valence-corrected chi connectivity index (χ0v) is 10.3. The van der Waals surface area contributed by atoms with E-state index < -0.39 is 0 Å². The Morgan fingerprint density at radius 1 is 0.950 bits per heavy atom. The Balaban J connectivity index is 2.01. The van der Waals surface area contributed by atoms with Gasteiger partial charge in [-0.3, -0.25) is 25.0 Å². The van der Waals surface area contributed by atoms with Gasteiger partial charge in [-0.05, 0) is 24.3 Å². The first-order chi connectivity index (χ1) is 9.84. The average Bonchev–Trinajstić information content (AvgIpc) is 2.88. The molecule has 0 unspecified atom stereocenters. The average molecular weight is 266 g/mol. The molecule has 3 heterocycles. The molecule has 20 heavy (non-hydrogen) atoms. The Labute approximate surface area is 113 Å². The third-order valence-corrected chi connectivity index (χ3v) is 2.60. The Kier molecular flexibility index (Phi) is 3.15. The topological polar surface area (TPSA) is 99.2 Å². The van der Waals surface area contributed by atoms with Crippen LogP contribution in [0.2, 0.25) is 0 Å². The Hall–Kier alpha value is -3.09. The number of hydrogen-bond donors (Lipinski definition) is 2. The summed E-state index contributed by atoms with van der Waals surface area (Å²) >= 11 is 0. The van der Waals surface area contributed by atoms with E-state index >= 15 is 0 Å².